The summed E-state index contributed by atoms with van der Waals surface area (Å²) >= 11 is 0. The third-order valence-electron chi connectivity index (χ3n) is 9.08. The van der Waals surface area contributed by atoms with Gasteiger partial charge in [0.2, 0.25) is 5.95 Å². The quantitative estimate of drug-likeness (QED) is 0.261. The Balaban J connectivity index is 1.08. The maximum atomic E-state index is 14.3. The van der Waals surface area contributed by atoms with Gasteiger partial charge in [-0.25, -0.2) is 24.7 Å². The van der Waals surface area contributed by atoms with E-state index in [-0.39, 0.29) is 30.2 Å². The number of aromatic nitrogens is 5. The molecule has 1 aromatic carbocycles. The highest BCUT2D eigenvalue weighted by molar-refractivity contribution is 5.92. The summed E-state index contributed by atoms with van der Waals surface area (Å²) in [6.07, 6.45) is 10.8. The van der Waals surface area contributed by atoms with Gasteiger partial charge in [0.15, 0.2) is 0 Å². The van der Waals surface area contributed by atoms with E-state index in [1.54, 1.807) is 24.8 Å². The van der Waals surface area contributed by atoms with E-state index in [0.717, 1.165) is 48.8 Å². The summed E-state index contributed by atoms with van der Waals surface area (Å²) in [5.41, 5.74) is 3.21. The summed E-state index contributed by atoms with van der Waals surface area (Å²) in [4.78, 5) is 40.4. The maximum Gasteiger partial charge on any atom is 0.326 e. The molecule has 3 aromatic heterocycles. The molecule has 1 atom stereocenters. The first kappa shape index (κ1) is 30.3. The van der Waals surface area contributed by atoms with Crippen molar-refractivity contribution in [2.75, 3.05) is 42.4 Å². The number of urea groups is 1. The number of nitrogens with zero attached hydrogens (tertiary/aromatic N) is 8. The molecular weight excluding hydrogens is 596 g/mol. The summed E-state index contributed by atoms with van der Waals surface area (Å²) in [7, 11) is 1.53. The lowest BCUT2D eigenvalue weighted by atomic mass is 9.89. The molecule has 1 aliphatic carbocycles. The Hall–Kier alpha value is -5.35. The van der Waals surface area contributed by atoms with Gasteiger partial charge in [0.25, 0.3) is 0 Å². The van der Waals surface area contributed by atoms with E-state index in [0.29, 0.717) is 48.9 Å². The molecule has 4 aromatic rings. The summed E-state index contributed by atoms with van der Waals surface area (Å²) in [6.45, 7) is 1.88. The monoisotopic (exact) mass is 632 g/mol. The maximum absolute atomic E-state index is 14.3. The van der Waals surface area contributed by atoms with E-state index in [2.05, 4.69) is 48.8 Å². The van der Waals surface area contributed by atoms with Crippen molar-refractivity contribution in [3.8, 4) is 23.2 Å². The fraction of sp³-hybridized carbons (Fsp3) is 0.382. The molecule has 240 valence electrons. The van der Waals surface area contributed by atoms with Crippen molar-refractivity contribution in [3.63, 3.8) is 0 Å². The fourth-order valence-electron chi connectivity index (χ4n) is 6.30. The number of carbonyl (C=O) groups is 1. The van der Waals surface area contributed by atoms with Crippen molar-refractivity contribution in [1.29, 1.82) is 5.26 Å². The van der Waals surface area contributed by atoms with Crippen LogP contribution in [0.25, 0.3) is 11.1 Å². The first-order chi connectivity index (χ1) is 23.1. The smallest absolute Gasteiger partial charge is 0.326 e. The largest absolute Gasteiger partial charge is 0.467 e. The normalized spacial score (nSPS) is 20.7. The van der Waals surface area contributed by atoms with Crippen LogP contribution in [-0.4, -0.2) is 80.8 Å². The molecule has 2 N–H and O–H groups in total. The van der Waals surface area contributed by atoms with Crippen molar-refractivity contribution in [3.05, 3.63) is 78.4 Å². The van der Waals surface area contributed by atoms with E-state index < -0.39 is 0 Å². The number of hydrogen-bond donors (Lipinski definition) is 2. The lowest BCUT2D eigenvalue weighted by molar-refractivity contribution is 0.0209. The molecule has 1 unspecified atom stereocenters. The highest BCUT2D eigenvalue weighted by Crippen LogP contribution is 2.37. The Morgan fingerprint density at radius 3 is 2.30 bits per heavy atom. The van der Waals surface area contributed by atoms with Gasteiger partial charge in [-0.2, -0.15) is 10.2 Å². The van der Waals surface area contributed by atoms with Crippen LogP contribution >= 0.6 is 0 Å². The first-order valence-corrected chi connectivity index (χ1v) is 15.9. The Morgan fingerprint density at radius 1 is 0.915 bits per heavy atom. The van der Waals surface area contributed by atoms with Crippen LogP contribution in [0.2, 0.25) is 0 Å². The summed E-state index contributed by atoms with van der Waals surface area (Å²) in [5.74, 6) is 1.62. The molecule has 2 saturated heterocycles. The lowest BCUT2D eigenvalue weighted by Crippen LogP contribution is -2.55. The lowest BCUT2D eigenvalue weighted by Gasteiger charge is -2.46. The molecule has 0 bridgehead atoms. The minimum atomic E-state index is -0.0297. The van der Waals surface area contributed by atoms with Crippen molar-refractivity contribution in [2.45, 2.75) is 56.3 Å². The average molecular weight is 633 g/mol. The molecule has 2 amide bonds. The highest BCUT2D eigenvalue weighted by Gasteiger charge is 2.40. The number of nitriles is 1. The summed E-state index contributed by atoms with van der Waals surface area (Å²) in [5, 5.41) is 16.3. The van der Waals surface area contributed by atoms with Crippen LogP contribution in [0.1, 0.15) is 49.3 Å². The van der Waals surface area contributed by atoms with Crippen LogP contribution in [0.15, 0.2) is 67.3 Å². The molecule has 2 aliphatic heterocycles. The standard InChI is InChI=1S/C34H36N10O3/c1-46-33-38-18-25(19-39-33)23-7-12-30(36-16-23)44(34(45)43-14-13-29(43)22-5-3-2-4-6-22)28-10-8-26(9-11-28)41-32-37-17-24(15-35)31(42-32)40-27-20-47-21-27/h2-7,12,16-19,26-29H,8-11,13-14,20-21H2,1H3,(H2,37,40,41,42)/t26-,28-,29?. The number of benzene rings is 1. The predicted octanol–water partition coefficient (Wildman–Crippen LogP) is 4.82. The number of likely N-dealkylation sites (tertiary alicyclic amines) is 1. The van der Waals surface area contributed by atoms with Crippen molar-refractivity contribution in [1.82, 2.24) is 29.8 Å². The van der Waals surface area contributed by atoms with Crippen molar-refractivity contribution < 1.29 is 14.3 Å². The number of methoxy groups -OCH3 is 1. The Kier molecular flexibility index (Phi) is 8.75. The van der Waals surface area contributed by atoms with Gasteiger partial charge in [-0.05, 0) is 49.8 Å². The van der Waals surface area contributed by atoms with E-state index >= 15 is 0 Å². The SMILES string of the molecule is COc1ncc(-c2ccc(N(C(=O)N3CCC3c3ccccc3)[C@H]3CC[C@H](Nc4ncc(C#N)c(NC5COC5)n4)CC3)nc2)cn1. The molecule has 0 radical (unpaired) electrons. The molecular formula is C34H36N10O3. The number of rotatable bonds is 9. The van der Waals surface area contributed by atoms with Gasteiger partial charge in [-0.3, -0.25) is 4.90 Å². The van der Waals surface area contributed by atoms with Crippen LogP contribution in [0, 0.1) is 11.3 Å². The Morgan fingerprint density at radius 2 is 1.68 bits per heavy atom. The second kappa shape index (κ2) is 13.6. The molecule has 1 saturated carbocycles. The fourth-order valence-corrected chi connectivity index (χ4v) is 6.30. The zero-order valence-corrected chi connectivity index (χ0v) is 26.1. The van der Waals surface area contributed by atoms with Crippen molar-refractivity contribution >= 4 is 23.6 Å². The van der Waals surface area contributed by atoms with Gasteiger partial charge in [0.1, 0.15) is 23.3 Å². The zero-order valence-electron chi connectivity index (χ0n) is 26.1. The van der Waals surface area contributed by atoms with Gasteiger partial charge in [0, 0.05) is 48.3 Å². The topological polar surface area (TPSA) is 154 Å². The van der Waals surface area contributed by atoms with Crippen LogP contribution in [0.4, 0.5) is 22.4 Å². The Bertz CT molecular complexity index is 1720. The molecule has 47 heavy (non-hydrogen) atoms. The van der Waals surface area contributed by atoms with Gasteiger partial charge in [0.05, 0.1) is 38.6 Å². The zero-order chi connectivity index (χ0) is 32.2. The number of carbonyl (C=O) groups excluding carboxylic acids is 1. The number of hydrogen-bond acceptors (Lipinski definition) is 11. The molecule has 3 fully saturated rings. The third kappa shape index (κ3) is 6.50. The minimum absolute atomic E-state index is 0.0272. The van der Waals surface area contributed by atoms with Crippen LogP contribution in [-0.2, 0) is 4.74 Å². The number of anilines is 3. The second-order valence-electron chi connectivity index (χ2n) is 12.0. The molecule has 13 nitrogen and oxygen atoms in total. The molecule has 7 rings (SSSR count). The van der Waals surface area contributed by atoms with Crippen molar-refractivity contribution in [2.24, 2.45) is 0 Å². The van der Waals surface area contributed by atoms with Gasteiger partial charge >= 0.3 is 12.0 Å². The summed E-state index contributed by atoms with van der Waals surface area (Å²) in [6, 6.07) is 16.8. The van der Waals surface area contributed by atoms with E-state index in [1.165, 1.54) is 7.11 Å². The predicted molar refractivity (Wildman–Crippen MR) is 175 cm³/mol. The summed E-state index contributed by atoms with van der Waals surface area (Å²) < 4.78 is 10.3. The first-order valence-electron chi connectivity index (χ1n) is 15.9. The second-order valence-corrected chi connectivity index (χ2v) is 12.0. The average Bonchev–Trinajstić information content (AvgIpc) is 3.08. The number of nitrogens with one attached hydrogen (secondary N) is 2. The molecule has 5 heterocycles. The van der Waals surface area contributed by atoms with Crippen LogP contribution in [0.3, 0.4) is 0 Å². The highest BCUT2D eigenvalue weighted by atomic mass is 16.5. The molecule has 3 aliphatic rings. The minimum Gasteiger partial charge on any atom is -0.467 e. The molecule has 0 spiro atoms. The van der Waals surface area contributed by atoms with E-state index in [9.17, 15) is 10.1 Å². The van der Waals surface area contributed by atoms with E-state index in [1.807, 2.05) is 40.1 Å². The third-order valence-corrected chi connectivity index (χ3v) is 9.08. The van der Waals surface area contributed by atoms with Gasteiger partial charge in [-0.15, -0.1) is 0 Å². The number of amides is 2. The molecule has 13 heteroatoms. The van der Waals surface area contributed by atoms with Gasteiger partial charge < -0.3 is 25.0 Å². The van der Waals surface area contributed by atoms with E-state index in [4.69, 9.17) is 14.5 Å². The van der Waals surface area contributed by atoms with Crippen LogP contribution < -0.4 is 20.3 Å². The van der Waals surface area contributed by atoms with Gasteiger partial charge in [-0.1, -0.05) is 30.3 Å². The number of ether oxygens (including phenoxy) is 2. The van der Waals surface area contributed by atoms with Crippen LogP contribution in [0.5, 0.6) is 6.01 Å². The number of pyridine rings is 1. The Labute approximate surface area is 273 Å².